The summed E-state index contributed by atoms with van der Waals surface area (Å²) in [5, 5.41) is 0. The Bertz CT molecular complexity index is 561. The number of aromatic amines is 1. The van der Waals surface area contributed by atoms with Crippen LogP contribution < -0.4 is 10.5 Å². The Hall–Kier alpha value is -1.81. The van der Waals surface area contributed by atoms with E-state index in [9.17, 15) is 0 Å². The highest BCUT2D eigenvalue weighted by Crippen LogP contribution is 2.32. The van der Waals surface area contributed by atoms with E-state index in [-0.39, 0.29) is 0 Å². The van der Waals surface area contributed by atoms with E-state index >= 15 is 0 Å². The van der Waals surface area contributed by atoms with Crippen molar-refractivity contribution in [3.8, 4) is 17.0 Å². The van der Waals surface area contributed by atoms with Gasteiger partial charge in [0.1, 0.15) is 11.6 Å². The molecule has 2 aromatic rings. The molecule has 0 amide bonds. The molecule has 0 saturated heterocycles. The van der Waals surface area contributed by atoms with Crippen LogP contribution in [0.25, 0.3) is 11.3 Å². The third-order valence-electron chi connectivity index (χ3n) is 3.24. The SMILES string of the molecule is CCc1ccc(OC)c(-c2nc(CCN)[nH]c2C)c1. The molecule has 3 N–H and O–H groups in total. The second-order valence-corrected chi connectivity index (χ2v) is 4.58. The molecular weight excluding hydrogens is 238 g/mol. The number of H-pyrrole nitrogens is 1. The fourth-order valence-corrected chi connectivity index (χ4v) is 2.20. The summed E-state index contributed by atoms with van der Waals surface area (Å²) in [5.41, 5.74) is 9.90. The van der Waals surface area contributed by atoms with Crippen molar-refractivity contribution in [3.05, 3.63) is 35.3 Å². The summed E-state index contributed by atoms with van der Waals surface area (Å²) < 4.78 is 5.44. The number of rotatable bonds is 5. The maximum absolute atomic E-state index is 5.58. The molecule has 0 aliphatic rings. The van der Waals surface area contributed by atoms with Crippen LogP contribution in [0.4, 0.5) is 0 Å². The number of imidazole rings is 1. The number of hydrogen-bond donors (Lipinski definition) is 2. The molecule has 0 aliphatic heterocycles. The van der Waals surface area contributed by atoms with E-state index in [4.69, 9.17) is 10.5 Å². The Morgan fingerprint density at radius 3 is 2.79 bits per heavy atom. The molecule has 0 saturated carbocycles. The average Bonchev–Trinajstić information content (AvgIpc) is 2.79. The Labute approximate surface area is 114 Å². The molecule has 19 heavy (non-hydrogen) atoms. The van der Waals surface area contributed by atoms with E-state index in [0.717, 1.165) is 41.4 Å². The van der Waals surface area contributed by atoms with Gasteiger partial charge in [-0.15, -0.1) is 0 Å². The van der Waals surface area contributed by atoms with Crippen molar-refractivity contribution in [2.75, 3.05) is 13.7 Å². The molecule has 0 aliphatic carbocycles. The van der Waals surface area contributed by atoms with Crippen LogP contribution in [-0.4, -0.2) is 23.6 Å². The van der Waals surface area contributed by atoms with Crippen molar-refractivity contribution in [2.24, 2.45) is 5.73 Å². The minimum Gasteiger partial charge on any atom is -0.496 e. The zero-order chi connectivity index (χ0) is 13.8. The van der Waals surface area contributed by atoms with Crippen molar-refractivity contribution < 1.29 is 4.74 Å². The van der Waals surface area contributed by atoms with Crippen LogP contribution in [0.2, 0.25) is 0 Å². The van der Waals surface area contributed by atoms with E-state index in [1.54, 1.807) is 7.11 Å². The Kier molecular flexibility index (Phi) is 4.22. The van der Waals surface area contributed by atoms with Gasteiger partial charge in [0.2, 0.25) is 0 Å². The molecule has 0 bridgehead atoms. The standard InChI is InChI=1S/C15H21N3O/c1-4-11-5-6-13(19-3)12(9-11)15-10(2)17-14(18-15)7-8-16/h5-6,9H,4,7-8,16H2,1-3H3,(H,17,18). The highest BCUT2D eigenvalue weighted by atomic mass is 16.5. The lowest BCUT2D eigenvalue weighted by molar-refractivity contribution is 0.416. The Morgan fingerprint density at radius 2 is 2.16 bits per heavy atom. The molecule has 4 heteroatoms. The first-order valence-electron chi connectivity index (χ1n) is 6.62. The van der Waals surface area contributed by atoms with Crippen molar-refractivity contribution in [1.82, 2.24) is 9.97 Å². The van der Waals surface area contributed by atoms with Crippen LogP contribution in [0.1, 0.15) is 24.0 Å². The molecule has 4 nitrogen and oxygen atoms in total. The molecular formula is C15H21N3O. The highest BCUT2D eigenvalue weighted by molar-refractivity contribution is 5.70. The highest BCUT2D eigenvalue weighted by Gasteiger charge is 2.13. The van der Waals surface area contributed by atoms with Crippen LogP contribution >= 0.6 is 0 Å². The first-order valence-corrected chi connectivity index (χ1v) is 6.62. The number of hydrogen-bond acceptors (Lipinski definition) is 3. The Balaban J connectivity index is 2.50. The lowest BCUT2D eigenvalue weighted by Gasteiger charge is -2.09. The monoisotopic (exact) mass is 259 g/mol. The minimum absolute atomic E-state index is 0.596. The molecule has 0 atom stereocenters. The maximum Gasteiger partial charge on any atom is 0.128 e. The maximum atomic E-state index is 5.58. The van der Waals surface area contributed by atoms with Gasteiger partial charge in [0.15, 0.2) is 0 Å². The molecule has 1 aromatic heterocycles. The van der Waals surface area contributed by atoms with E-state index in [0.29, 0.717) is 6.54 Å². The van der Waals surface area contributed by atoms with E-state index < -0.39 is 0 Å². The van der Waals surface area contributed by atoms with Crippen molar-refractivity contribution in [2.45, 2.75) is 26.7 Å². The predicted molar refractivity (Wildman–Crippen MR) is 77.4 cm³/mol. The fraction of sp³-hybridized carbons (Fsp3) is 0.400. The van der Waals surface area contributed by atoms with Crippen LogP contribution in [-0.2, 0) is 12.8 Å². The van der Waals surface area contributed by atoms with Gasteiger partial charge in [-0.25, -0.2) is 4.98 Å². The van der Waals surface area contributed by atoms with Gasteiger partial charge >= 0.3 is 0 Å². The third kappa shape index (κ3) is 2.79. The van der Waals surface area contributed by atoms with E-state index in [1.165, 1.54) is 5.56 Å². The van der Waals surface area contributed by atoms with Crippen LogP contribution in [0.5, 0.6) is 5.75 Å². The van der Waals surface area contributed by atoms with Gasteiger partial charge in [-0.05, 0) is 37.6 Å². The third-order valence-corrected chi connectivity index (χ3v) is 3.24. The summed E-state index contributed by atoms with van der Waals surface area (Å²) in [7, 11) is 1.69. The lowest BCUT2D eigenvalue weighted by atomic mass is 10.0. The minimum atomic E-state index is 0.596. The topological polar surface area (TPSA) is 63.9 Å². The number of methoxy groups -OCH3 is 1. The normalized spacial score (nSPS) is 10.7. The number of ether oxygens (including phenoxy) is 1. The summed E-state index contributed by atoms with van der Waals surface area (Å²) in [6.45, 7) is 4.77. The zero-order valence-corrected chi connectivity index (χ0v) is 11.8. The Morgan fingerprint density at radius 1 is 1.37 bits per heavy atom. The van der Waals surface area contributed by atoms with Crippen molar-refractivity contribution in [1.29, 1.82) is 0 Å². The zero-order valence-electron chi connectivity index (χ0n) is 11.8. The van der Waals surface area contributed by atoms with Gasteiger partial charge < -0.3 is 15.5 Å². The molecule has 0 fully saturated rings. The van der Waals surface area contributed by atoms with Crippen molar-refractivity contribution in [3.63, 3.8) is 0 Å². The quantitative estimate of drug-likeness (QED) is 0.867. The number of aromatic nitrogens is 2. The summed E-state index contributed by atoms with van der Waals surface area (Å²) in [6.07, 6.45) is 1.76. The summed E-state index contributed by atoms with van der Waals surface area (Å²) in [4.78, 5) is 7.92. The van der Waals surface area contributed by atoms with Crippen LogP contribution in [0.15, 0.2) is 18.2 Å². The molecule has 1 aromatic carbocycles. The molecule has 0 unspecified atom stereocenters. The smallest absolute Gasteiger partial charge is 0.128 e. The molecule has 0 radical (unpaired) electrons. The number of nitrogens with one attached hydrogen (secondary N) is 1. The largest absolute Gasteiger partial charge is 0.496 e. The molecule has 2 rings (SSSR count). The van der Waals surface area contributed by atoms with Gasteiger partial charge in [-0.3, -0.25) is 0 Å². The number of nitrogens with two attached hydrogens (primary N) is 1. The van der Waals surface area contributed by atoms with Crippen molar-refractivity contribution >= 4 is 0 Å². The summed E-state index contributed by atoms with van der Waals surface area (Å²) in [6, 6.07) is 6.24. The fourth-order valence-electron chi connectivity index (χ4n) is 2.20. The first kappa shape index (κ1) is 13.6. The summed E-state index contributed by atoms with van der Waals surface area (Å²) >= 11 is 0. The van der Waals surface area contributed by atoms with E-state index in [1.807, 2.05) is 13.0 Å². The second kappa shape index (κ2) is 5.89. The summed E-state index contributed by atoms with van der Waals surface area (Å²) in [5.74, 6) is 1.78. The lowest BCUT2D eigenvalue weighted by Crippen LogP contribution is -2.03. The predicted octanol–water partition coefficient (Wildman–Crippen LogP) is 2.46. The van der Waals surface area contributed by atoms with Gasteiger partial charge in [-0.2, -0.15) is 0 Å². The number of benzene rings is 1. The van der Waals surface area contributed by atoms with Gasteiger partial charge in [0, 0.05) is 17.7 Å². The van der Waals surface area contributed by atoms with Gasteiger partial charge in [0.25, 0.3) is 0 Å². The van der Waals surface area contributed by atoms with Crippen LogP contribution in [0, 0.1) is 6.92 Å². The second-order valence-electron chi connectivity index (χ2n) is 4.58. The van der Waals surface area contributed by atoms with Gasteiger partial charge in [-0.1, -0.05) is 13.0 Å². The van der Waals surface area contributed by atoms with Gasteiger partial charge in [0.05, 0.1) is 12.8 Å². The number of aryl methyl sites for hydroxylation is 2. The van der Waals surface area contributed by atoms with E-state index in [2.05, 4.69) is 29.0 Å². The molecule has 0 spiro atoms. The average molecular weight is 259 g/mol. The number of nitrogens with zero attached hydrogens (tertiary/aromatic N) is 1. The van der Waals surface area contributed by atoms with Crippen LogP contribution in [0.3, 0.4) is 0 Å². The molecule has 102 valence electrons. The first-order chi connectivity index (χ1) is 9.19. The molecule has 1 heterocycles.